The van der Waals surface area contributed by atoms with Gasteiger partial charge in [-0.05, 0) is 22.6 Å². The van der Waals surface area contributed by atoms with Crippen molar-refractivity contribution in [2.75, 3.05) is 11.5 Å². The lowest BCUT2D eigenvalue weighted by Gasteiger charge is -2.03. The average molecular weight is 226 g/mol. The Morgan fingerprint density at radius 3 is 1.86 bits per heavy atom. The SMILES string of the molecule is CCSCc1cccc(CSCC)c1. The number of hydrogen-bond acceptors (Lipinski definition) is 2. The first-order valence-electron chi connectivity index (χ1n) is 5.10. The lowest BCUT2D eigenvalue weighted by Crippen LogP contribution is -1.86. The first-order valence-corrected chi connectivity index (χ1v) is 7.41. The Bertz CT molecular complexity index is 235. The summed E-state index contributed by atoms with van der Waals surface area (Å²) in [6.07, 6.45) is 0. The van der Waals surface area contributed by atoms with Gasteiger partial charge in [-0.25, -0.2) is 0 Å². The first-order chi connectivity index (χ1) is 6.86. The Kier molecular flexibility index (Phi) is 6.20. The second-order valence-electron chi connectivity index (χ2n) is 3.09. The van der Waals surface area contributed by atoms with E-state index in [1.54, 1.807) is 0 Å². The molecule has 1 aromatic rings. The molecule has 14 heavy (non-hydrogen) atoms. The minimum absolute atomic E-state index is 1.15. The summed E-state index contributed by atoms with van der Waals surface area (Å²) in [6.45, 7) is 4.42. The van der Waals surface area contributed by atoms with Crippen molar-refractivity contribution in [1.82, 2.24) is 0 Å². The standard InChI is InChI=1S/C12H18S2/c1-3-13-9-11-6-5-7-12(8-11)10-14-4-2/h5-8H,3-4,9-10H2,1-2H3. The van der Waals surface area contributed by atoms with Gasteiger partial charge in [-0.1, -0.05) is 38.1 Å². The summed E-state index contributed by atoms with van der Waals surface area (Å²) >= 11 is 3.97. The number of rotatable bonds is 6. The van der Waals surface area contributed by atoms with E-state index in [-0.39, 0.29) is 0 Å². The fourth-order valence-electron chi connectivity index (χ4n) is 1.25. The summed E-state index contributed by atoms with van der Waals surface area (Å²) in [4.78, 5) is 0. The molecule has 0 radical (unpaired) electrons. The van der Waals surface area contributed by atoms with Crippen molar-refractivity contribution in [3.63, 3.8) is 0 Å². The van der Waals surface area contributed by atoms with Gasteiger partial charge >= 0.3 is 0 Å². The van der Waals surface area contributed by atoms with E-state index in [4.69, 9.17) is 0 Å². The molecule has 0 nitrogen and oxygen atoms in total. The van der Waals surface area contributed by atoms with Crippen LogP contribution in [-0.2, 0) is 11.5 Å². The van der Waals surface area contributed by atoms with Crippen LogP contribution in [0.4, 0.5) is 0 Å². The average Bonchev–Trinajstić information content (AvgIpc) is 2.24. The second-order valence-corrected chi connectivity index (χ2v) is 5.64. The third-order valence-corrected chi connectivity index (χ3v) is 3.83. The van der Waals surface area contributed by atoms with Gasteiger partial charge in [-0.15, -0.1) is 0 Å². The van der Waals surface area contributed by atoms with Gasteiger partial charge in [0.1, 0.15) is 0 Å². The van der Waals surface area contributed by atoms with E-state index in [9.17, 15) is 0 Å². The third kappa shape index (κ3) is 4.43. The monoisotopic (exact) mass is 226 g/mol. The van der Waals surface area contributed by atoms with Gasteiger partial charge in [0.05, 0.1) is 0 Å². The molecule has 0 unspecified atom stereocenters. The van der Waals surface area contributed by atoms with Crippen LogP contribution >= 0.6 is 23.5 Å². The minimum Gasteiger partial charge on any atom is -0.157 e. The second kappa shape index (κ2) is 7.24. The van der Waals surface area contributed by atoms with Gasteiger partial charge < -0.3 is 0 Å². The predicted molar refractivity (Wildman–Crippen MR) is 70.1 cm³/mol. The van der Waals surface area contributed by atoms with Crippen molar-refractivity contribution in [2.45, 2.75) is 25.4 Å². The molecule has 0 aliphatic rings. The molecule has 0 aliphatic heterocycles. The normalized spacial score (nSPS) is 10.4. The van der Waals surface area contributed by atoms with Crippen LogP contribution in [0.5, 0.6) is 0 Å². The van der Waals surface area contributed by atoms with Gasteiger partial charge in [0.2, 0.25) is 0 Å². The van der Waals surface area contributed by atoms with Gasteiger partial charge in [0, 0.05) is 11.5 Å². The van der Waals surface area contributed by atoms with Crippen molar-refractivity contribution in [3.05, 3.63) is 35.4 Å². The maximum atomic E-state index is 2.34. The highest BCUT2D eigenvalue weighted by atomic mass is 32.2. The van der Waals surface area contributed by atoms with E-state index in [1.807, 2.05) is 23.5 Å². The Labute approximate surface area is 95.9 Å². The quantitative estimate of drug-likeness (QED) is 0.713. The summed E-state index contributed by atoms with van der Waals surface area (Å²) < 4.78 is 0. The summed E-state index contributed by atoms with van der Waals surface area (Å²) in [5.74, 6) is 4.71. The fraction of sp³-hybridized carbons (Fsp3) is 0.500. The van der Waals surface area contributed by atoms with E-state index in [2.05, 4.69) is 38.1 Å². The zero-order valence-electron chi connectivity index (χ0n) is 8.95. The largest absolute Gasteiger partial charge is 0.157 e. The zero-order chi connectivity index (χ0) is 10.2. The van der Waals surface area contributed by atoms with Crippen molar-refractivity contribution in [1.29, 1.82) is 0 Å². The summed E-state index contributed by atoms with van der Waals surface area (Å²) in [5, 5.41) is 0. The van der Waals surface area contributed by atoms with E-state index < -0.39 is 0 Å². The third-order valence-electron chi connectivity index (χ3n) is 1.94. The van der Waals surface area contributed by atoms with E-state index in [0.29, 0.717) is 0 Å². The lowest BCUT2D eigenvalue weighted by molar-refractivity contribution is 1.32. The maximum absolute atomic E-state index is 2.34. The molecule has 1 rings (SSSR count). The molecule has 0 bridgehead atoms. The molecule has 0 aliphatic carbocycles. The van der Waals surface area contributed by atoms with E-state index in [0.717, 1.165) is 11.5 Å². The molecule has 0 N–H and O–H groups in total. The lowest BCUT2D eigenvalue weighted by atomic mass is 10.2. The molecule has 0 aromatic heterocycles. The van der Waals surface area contributed by atoms with Gasteiger partial charge in [0.25, 0.3) is 0 Å². The Morgan fingerprint density at radius 1 is 0.929 bits per heavy atom. The van der Waals surface area contributed by atoms with Crippen LogP contribution in [0.1, 0.15) is 25.0 Å². The van der Waals surface area contributed by atoms with Crippen molar-refractivity contribution >= 4 is 23.5 Å². The van der Waals surface area contributed by atoms with Crippen LogP contribution in [0.25, 0.3) is 0 Å². The van der Waals surface area contributed by atoms with Crippen LogP contribution < -0.4 is 0 Å². The van der Waals surface area contributed by atoms with E-state index >= 15 is 0 Å². The molecule has 0 atom stereocenters. The molecular weight excluding hydrogens is 208 g/mol. The van der Waals surface area contributed by atoms with Crippen LogP contribution in [0.2, 0.25) is 0 Å². The zero-order valence-corrected chi connectivity index (χ0v) is 10.6. The molecule has 0 fully saturated rings. The highest BCUT2D eigenvalue weighted by Gasteiger charge is 1.95. The highest BCUT2D eigenvalue weighted by molar-refractivity contribution is 7.98. The van der Waals surface area contributed by atoms with Crippen LogP contribution in [-0.4, -0.2) is 11.5 Å². The van der Waals surface area contributed by atoms with Crippen LogP contribution in [0.3, 0.4) is 0 Å². The number of hydrogen-bond donors (Lipinski definition) is 0. The Morgan fingerprint density at radius 2 is 1.43 bits per heavy atom. The highest BCUT2D eigenvalue weighted by Crippen LogP contribution is 2.16. The minimum atomic E-state index is 1.15. The molecule has 0 amide bonds. The number of benzene rings is 1. The topological polar surface area (TPSA) is 0 Å². The molecule has 78 valence electrons. The molecular formula is C12H18S2. The summed E-state index contributed by atoms with van der Waals surface area (Å²) in [7, 11) is 0. The summed E-state index contributed by atoms with van der Waals surface area (Å²) in [5.41, 5.74) is 2.93. The molecule has 0 spiro atoms. The predicted octanol–water partition coefficient (Wildman–Crippen LogP) is 4.19. The Balaban J connectivity index is 2.50. The van der Waals surface area contributed by atoms with Gasteiger partial charge in [-0.3, -0.25) is 0 Å². The number of thioether (sulfide) groups is 2. The van der Waals surface area contributed by atoms with Crippen molar-refractivity contribution in [2.24, 2.45) is 0 Å². The molecule has 0 heterocycles. The van der Waals surface area contributed by atoms with Crippen LogP contribution in [0.15, 0.2) is 24.3 Å². The van der Waals surface area contributed by atoms with E-state index in [1.165, 1.54) is 22.6 Å². The van der Waals surface area contributed by atoms with Crippen molar-refractivity contribution in [3.8, 4) is 0 Å². The fourth-order valence-corrected chi connectivity index (χ4v) is 2.49. The maximum Gasteiger partial charge on any atom is 0.0184 e. The molecule has 0 saturated carbocycles. The molecule has 1 aromatic carbocycles. The molecule has 2 heteroatoms. The van der Waals surface area contributed by atoms with Gasteiger partial charge in [0.15, 0.2) is 0 Å². The molecule has 0 saturated heterocycles. The van der Waals surface area contributed by atoms with Crippen LogP contribution in [0, 0.1) is 0 Å². The first kappa shape index (κ1) is 12.0. The van der Waals surface area contributed by atoms with Gasteiger partial charge in [-0.2, -0.15) is 23.5 Å². The smallest absolute Gasteiger partial charge is 0.0184 e. The van der Waals surface area contributed by atoms with Crippen molar-refractivity contribution < 1.29 is 0 Å². The summed E-state index contributed by atoms with van der Waals surface area (Å²) in [6, 6.07) is 8.97. The Hall–Kier alpha value is -0.0800.